The minimum atomic E-state index is 0. The molecule has 0 spiro atoms. The lowest BCUT2D eigenvalue weighted by atomic mass is 9.92. The highest BCUT2D eigenvalue weighted by Gasteiger charge is 2.38. The summed E-state index contributed by atoms with van der Waals surface area (Å²) >= 11 is 0. The Morgan fingerprint density at radius 3 is 0.921 bits per heavy atom. The molecular formula is C134H275N5. The number of allylic oxidation sites excluding steroid dienone is 7. The predicted molar refractivity (Wildman–Crippen MR) is 686 cm³/mol. The fraction of sp³-hybridized carbons (Fsp3) is 0.701. The Balaban J connectivity index is -0.0000000589. The van der Waals surface area contributed by atoms with Crippen LogP contribution in [-0.2, 0) is 45.4 Å². The molecule has 2 fully saturated rings. The summed E-state index contributed by atoms with van der Waals surface area (Å²) in [5.74, 6) is 6.16. The largest absolute Gasteiger partial charge is 0.345 e. The van der Waals surface area contributed by atoms with Crippen molar-refractivity contribution in [2.45, 2.75) is 602 Å². The van der Waals surface area contributed by atoms with Gasteiger partial charge in [0.1, 0.15) is 0 Å². The number of aryl methyl sites for hydroxylation is 8. The van der Waals surface area contributed by atoms with Crippen molar-refractivity contribution in [1.82, 2.24) is 23.2 Å². The van der Waals surface area contributed by atoms with Gasteiger partial charge in [0.2, 0.25) is 0 Å². The maximum Gasteiger partial charge on any atom is 0.0564 e. The number of benzene rings is 4. The fourth-order valence-electron chi connectivity index (χ4n) is 17.9. The summed E-state index contributed by atoms with van der Waals surface area (Å²) in [5, 5.41) is 5.78. The van der Waals surface area contributed by atoms with Crippen LogP contribution in [0, 0.1) is 90.9 Å². The Bertz CT molecular complexity index is 4240. The first-order valence-electron chi connectivity index (χ1n) is 53.8. The van der Waals surface area contributed by atoms with Gasteiger partial charge in [0.25, 0.3) is 0 Å². The van der Waals surface area contributed by atoms with Gasteiger partial charge in [-0.2, -0.15) is 0 Å². The maximum atomic E-state index is 2.61. The van der Waals surface area contributed by atoms with Gasteiger partial charge in [0.15, 0.2) is 0 Å². The summed E-state index contributed by atoms with van der Waals surface area (Å²) in [4.78, 5) is 2.61. The third-order valence-electron chi connectivity index (χ3n) is 25.9. The van der Waals surface area contributed by atoms with Crippen molar-refractivity contribution in [2.75, 3.05) is 6.54 Å². The highest BCUT2D eigenvalue weighted by Crippen LogP contribution is 2.45. The molecule has 139 heavy (non-hydrogen) atoms. The highest BCUT2D eigenvalue weighted by atomic mass is 15.2. The smallest absolute Gasteiger partial charge is 0.0564 e. The fourth-order valence-corrected chi connectivity index (χ4v) is 17.9. The zero-order valence-electron chi connectivity index (χ0n) is 98.2. The van der Waals surface area contributed by atoms with E-state index in [-0.39, 0.29) is 89.1 Å². The van der Waals surface area contributed by atoms with Crippen molar-refractivity contribution in [1.29, 1.82) is 0 Å². The van der Waals surface area contributed by atoms with Gasteiger partial charge in [-0.25, -0.2) is 0 Å². The van der Waals surface area contributed by atoms with Crippen molar-refractivity contribution in [3.63, 3.8) is 0 Å². The predicted octanol–water partition coefficient (Wildman–Crippen LogP) is 49.5. The van der Waals surface area contributed by atoms with E-state index < -0.39 is 0 Å². The Labute approximate surface area is 887 Å². The summed E-state index contributed by atoms with van der Waals surface area (Å²) < 4.78 is 9.83. The third-order valence-corrected chi connectivity index (χ3v) is 25.9. The molecule has 1 saturated carbocycles. The first-order valence-corrected chi connectivity index (χ1v) is 53.8. The molecule has 4 aromatic heterocycles. The van der Waals surface area contributed by atoms with E-state index in [9.17, 15) is 0 Å². The Kier molecular flexibility index (Phi) is 137. The quantitative estimate of drug-likeness (QED) is 0.168. The van der Waals surface area contributed by atoms with Crippen LogP contribution >= 0.6 is 0 Å². The average Bonchev–Trinajstić information content (AvgIpc) is 1.61. The van der Waals surface area contributed by atoms with Crippen LogP contribution in [0.15, 0.2) is 70.8 Å². The summed E-state index contributed by atoms with van der Waals surface area (Å²) in [7, 11) is 0. The van der Waals surface area contributed by atoms with Crippen LogP contribution in [0.25, 0.3) is 66.4 Å². The van der Waals surface area contributed by atoms with Crippen molar-refractivity contribution in [2.24, 2.45) is 35.5 Å². The van der Waals surface area contributed by atoms with E-state index in [0.29, 0.717) is 5.92 Å². The Morgan fingerprint density at radius 1 is 0.288 bits per heavy atom. The molecule has 0 unspecified atom stereocenters. The number of hydrogen-bond donors (Lipinski definition) is 0. The van der Waals surface area contributed by atoms with Gasteiger partial charge in [-0.05, 0) is 309 Å². The third kappa shape index (κ3) is 46.5. The van der Waals surface area contributed by atoms with Gasteiger partial charge in [0, 0.05) is 105 Å². The summed E-state index contributed by atoms with van der Waals surface area (Å²) in [6, 6.07) is 20.2. The molecule has 9 atom stereocenters. The van der Waals surface area contributed by atoms with Gasteiger partial charge < -0.3 is 18.3 Å². The van der Waals surface area contributed by atoms with E-state index in [1.165, 1.54) is 186 Å². The lowest BCUT2D eigenvalue weighted by Crippen LogP contribution is -2.34. The molecule has 5 heterocycles. The topological polar surface area (TPSA) is 23.0 Å². The van der Waals surface area contributed by atoms with Gasteiger partial charge >= 0.3 is 0 Å². The number of likely N-dealkylation sites (tertiary alicyclic amines) is 1. The molecule has 8 aromatic rings. The Morgan fingerprint density at radius 2 is 0.583 bits per heavy atom. The second-order valence-electron chi connectivity index (χ2n) is 30.8. The number of nitrogens with zero attached hydrogens (tertiary/aromatic N) is 5. The normalized spacial score (nSPS) is 16.0. The SMILES string of the molecule is C.C.C.C.C.C.C.C.C.C.C.C.CC.CC.CC.CC.CC.CC.CC.CC.CC.CC.CC.CC.CC.CC.CC.CC.CCC.CCN1[C@H](C)[C@H](C)[C@H](C)[C@@H]1C.CCn1c(C)c(C)c2c3c(ccc21)CC(C)=C3C.CCn1c(C)c(C)c2cc3c(cc21)[C@H](C)C(C)=C3.CCn1c(C)c(C)c2ccc3c(c21)C(C)=C(C)C3.CCn1c(C)c(C)c2ccc3c(c21)CC(C)=C3C.C[C@@H]1[C@H](C)[C@H](C)C[C@@H]1C. The molecule has 14 rings (SSSR count). The highest BCUT2D eigenvalue weighted by molar-refractivity contribution is 6.00. The number of rotatable bonds is 5. The van der Waals surface area contributed by atoms with Crippen LogP contribution in [-0.4, -0.2) is 41.8 Å². The maximum absolute atomic E-state index is 2.61. The lowest BCUT2D eigenvalue weighted by molar-refractivity contribution is 0.209. The second-order valence-corrected chi connectivity index (χ2v) is 30.8. The molecule has 0 amide bonds. The van der Waals surface area contributed by atoms with Gasteiger partial charge in [0.05, 0.1) is 11.0 Å². The van der Waals surface area contributed by atoms with E-state index in [1.54, 1.807) is 5.56 Å². The van der Waals surface area contributed by atoms with Crippen molar-refractivity contribution >= 4 is 66.4 Å². The lowest BCUT2D eigenvalue weighted by Gasteiger charge is -2.25. The zero-order chi connectivity index (χ0) is 102. The minimum Gasteiger partial charge on any atom is -0.345 e. The molecule has 5 nitrogen and oxygen atoms in total. The van der Waals surface area contributed by atoms with E-state index in [1.807, 2.05) is 222 Å². The van der Waals surface area contributed by atoms with Crippen molar-refractivity contribution in [3.8, 4) is 0 Å². The molecule has 836 valence electrons. The zero-order valence-corrected chi connectivity index (χ0v) is 98.2. The Hall–Kier alpha value is -6.04. The average molecular weight is 1960 g/mol. The summed E-state index contributed by atoms with van der Waals surface area (Å²) in [6.07, 6.45) is 8.43. The van der Waals surface area contributed by atoms with E-state index in [0.717, 1.165) is 93.0 Å². The van der Waals surface area contributed by atoms with Crippen molar-refractivity contribution < 1.29 is 0 Å². The van der Waals surface area contributed by atoms with Gasteiger partial charge in [-0.15, -0.1) is 0 Å². The number of fused-ring (bicyclic) bond motifs is 11. The van der Waals surface area contributed by atoms with Crippen LogP contribution in [0.3, 0.4) is 0 Å². The molecule has 1 aliphatic heterocycles. The molecule has 0 bridgehead atoms. The monoisotopic (exact) mass is 1960 g/mol. The standard InChI is InChI=1S/4C17H21N.C10H21N.C9H18.C3H8.16C2H6.12CH4/c1-6-18-13(5)12(4)16-8-14-7-10(2)11(3)15(14)9-17(16)18;1-6-18-13(5)12(4)15-8-7-14-11(3)10(2)9-16(14)17(15)18;1-6-18-13(5)12(4)17-15(18)8-7-14-9-10(2)11(3)16(14)17;1-6-18-13(5)12(4)15-8-7-14-9-10(2)11(3)16(14)17(15)18;1-6-11-9(4)7(2)8(3)10(11)5;1-6-5-7(2)9(4)8(6)3;1-3-2;16*1-2;;;;;;;;;;;;/h7-9,11H,6H2,1-5H3;3*7-8H,6,9H2,1-5H3;7-10H,6H2,1-5H3;6-9H,5H2,1-4H3;3H2,1-2H3;16*1-2H3;12*1H4/t11-;;;;7-,8+,9-,10+;6-,7+,8-,9+;;;;;;;;;;;;;;;;;;;;;;;;;;;;;/m1................................../s1. The van der Waals surface area contributed by atoms with E-state index >= 15 is 0 Å². The molecule has 1 saturated heterocycles. The van der Waals surface area contributed by atoms with Crippen LogP contribution in [0.5, 0.6) is 0 Å². The van der Waals surface area contributed by atoms with Crippen molar-refractivity contribution in [3.05, 3.63) is 160 Å². The summed E-state index contributed by atoms with van der Waals surface area (Å²) in [5.41, 5.74) is 39.6. The minimum absolute atomic E-state index is 0. The molecular weight excluding hydrogens is 1680 g/mol. The van der Waals surface area contributed by atoms with Crippen LogP contribution < -0.4 is 0 Å². The summed E-state index contributed by atoms with van der Waals surface area (Å²) in [6.45, 7) is 140. The molecule has 0 radical (unpaired) electrons. The first-order chi connectivity index (χ1) is 60.8. The van der Waals surface area contributed by atoms with Crippen LogP contribution in [0.1, 0.15) is 578 Å². The molecule has 5 aliphatic carbocycles. The number of aromatic nitrogens is 4. The van der Waals surface area contributed by atoms with Gasteiger partial charge in [-0.3, -0.25) is 4.90 Å². The molecule has 4 aromatic carbocycles. The van der Waals surface area contributed by atoms with E-state index in [2.05, 4.69) is 292 Å². The second kappa shape index (κ2) is 103. The van der Waals surface area contributed by atoms with Crippen LogP contribution in [0.4, 0.5) is 0 Å². The number of hydrogen-bond acceptors (Lipinski definition) is 1. The molecule has 0 N–H and O–H groups in total. The van der Waals surface area contributed by atoms with Gasteiger partial charge in [-0.1, -0.05) is 445 Å². The van der Waals surface area contributed by atoms with Crippen LogP contribution in [0.2, 0.25) is 0 Å². The molecule has 6 aliphatic rings. The molecule has 5 heteroatoms. The van der Waals surface area contributed by atoms with E-state index in [4.69, 9.17) is 0 Å². The first kappa shape index (κ1) is 185.